The molecule has 0 bridgehead atoms. The van der Waals surface area contributed by atoms with Crippen LogP contribution in [0.15, 0.2) is 12.1 Å². The van der Waals surface area contributed by atoms with Gasteiger partial charge in [0.1, 0.15) is 5.75 Å². The van der Waals surface area contributed by atoms with Crippen molar-refractivity contribution in [2.24, 2.45) is 0 Å². The lowest BCUT2D eigenvalue weighted by Gasteiger charge is -2.27. The Morgan fingerprint density at radius 3 is 3.07 bits per heavy atom. The van der Waals surface area contributed by atoms with Crippen LogP contribution in [0.5, 0.6) is 5.75 Å². The highest BCUT2D eigenvalue weighted by atomic mass is 16.3. The number of nitrogens with two attached hydrogens (primary N) is 1. The van der Waals surface area contributed by atoms with E-state index in [0.29, 0.717) is 11.7 Å². The Balaban J connectivity index is 2.50. The van der Waals surface area contributed by atoms with Crippen LogP contribution in [0.25, 0.3) is 0 Å². The number of nitrogen functional groups attached to an aromatic ring is 1. The molecule has 1 unspecified atom stereocenters. The van der Waals surface area contributed by atoms with E-state index in [4.69, 9.17) is 5.73 Å². The number of rotatable bonds is 1. The van der Waals surface area contributed by atoms with Gasteiger partial charge >= 0.3 is 0 Å². The summed E-state index contributed by atoms with van der Waals surface area (Å²) >= 11 is 0. The van der Waals surface area contributed by atoms with E-state index in [0.717, 1.165) is 24.9 Å². The molecule has 0 aliphatic carbocycles. The van der Waals surface area contributed by atoms with Gasteiger partial charge in [0.25, 0.3) is 0 Å². The third kappa shape index (κ3) is 1.34. The highest BCUT2D eigenvalue weighted by Gasteiger charge is 2.21. The third-order valence-electron chi connectivity index (χ3n) is 2.90. The van der Waals surface area contributed by atoms with Gasteiger partial charge in [0.15, 0.2) is 0 Å². The fraction of sp³-hybridized carbons (Fsp3) is 0.455. The number of fused-ring (bicyclic) bond motifs is 1. The zero-order chi connectivity index (χ0) is 10.1. The Morgan fingerprint density at radius 1 is 1.57 bits per heavy atom. The molecular formula is C11H16N2O. The number of phenolic OH excluding ortho intramolecular Hbond substituents is 1. The highest BCUT2D eigenvalue weighted by molar-refractivity contribution is 5.59. The minimum atomic E-state index is 0.280. The van der Waals surface area contributed by atoms with E-state index < -0.39 is 0 Å². The second-order valence-electron chi connectivity index (χ2n) is 3.74. The van der Waals surface area contributed by atoms with E-state index in [1.807, 2.05) is 6.07 Å². The van der Waals surface area contributed by atoms with Gasteiger partial charge in [-0.25, -0.2) is 0 Å². The van der Waals surface area contributed by atoms with Crippen LogP contribution in [0.3, 0.4) is 0 Å². The van der Waals surface area contributed by atoms with Crippen LogP contribution >= 0.6 is 0 Å². The minimum absolute atomic E-state index is 0.280. The average molecular weight is 192 g/mol. The molecule has 0 fully saturated rings. The molecular weight excluding hydrogens is 176 g/mol. The lowest BCUT2D eigenvalue weighted by molar-refractivity contribution is 0.444. The summed E-state index contributed by atoms with van der Waals surface area (Å²) in [4.78, 5) is 0. The maximum Gasteiger partial charge on any atom is 0.142 e. The quantitative estimate of drug-likeness (QED) is 0.467. The zero-order valence-corrected chi connectivity index (χ0v) is 8.38. The van der Waals surface area contributed by atoms with Gasteiger partial charge in [-0.2, -0.15) is 0 Å². The number of anilines is 1. The molecule has 0 amide bonds. The van der Waals surface area contributed by atoms with Crippen molar-refractivity contribution in [1.29, 1.82) is 0 Å². The van der Waals surface area contributed by atoms with Crippen LogP contribution in [0.4, 0.5) is 5.69 Å². The van der Waals surface area contributed by atoms with Gasteiger partial charge in [0, 0.05) is 11.6 Å². The molecule has 1 aromatic rings. The van der Waals surface area contributed by atoms with Gasteiger partial charge in [0.05, 0.1) is 5.69 Å². The molecule has 1 aromatic carbocycles. The van der Waals surface area contributed by atoms with Crippen LogP contribution < -0.4 is 11.1 Å². The molecule has 0 aromatic heterocycles. The highest BCUT2D eigenvalue weighted by Crippen LogP contribution is 2.34. The molecule has 1 heterocycles. The standard InChI is InChI=1S/C11H16N2O/c1-2-10-7-3-4-9(12)11(14)8(7)5-6-13-10/h3-4,10,13-14H,2,5-6,12H2,1H3. The molecule has 0 spiro atoms. The average Bonchev–Trinajstić information content (AvgIpc) is 2.23. The van der Waals surface area contributed by atoms with Crippen molar-refractivity contribution in [3.05, 3.63) is 23.3 Å². The Labute approximate surface area is 83.9 Å². The summed E-state index contributed by atoms with van der Waals surface area (Å²) in [5.41, 5.74) is 8.37. The summed E-state index contributed by atoms with van der Waals surface area (Å²) in [7, 11) is 0. The first-order chi connectivity index (χ1) is 6.74. The third-order valence-corrected chi connectivity index (χ3v) is 2.90. The van der Waals surface area contributed by atoms with Gasteiger partial charge in [-0.3, -0.25) is 0 Å². The van der Waals surface area contributed by atoms with Crippen molar-refractivity contribution < 1.29 is 5.11 Å². The molecule has 4 N–H and O–H groups in total. The van der Waals surface area contributed by atoms with E-state index in [9.17, 15) is 5.11 Å². The second-order valence-corrected chi connectivity index (χ2v) is 3.74. The van der Waals surface area contributed by atoms with Crippen molar-refractivity contribution >= 4 is 5.69 Å². The Morgan fingerprint density at radius 2 is 2.36 bits per heavy atom. The predicted molar refractivity (Wildman–Crippen MR) is 57.3 cm³/mol. The first-order valence-corrected chi connectivity index (χ1v) is 5.07. The molecule has 0 saturated heterocycles. The van der Waals surface area contributed by atoms with Crippen molar-refractivity contribution in [3.63, 3.8) is 0 Å². The van der Waals surface area contributed by atoms with E-state index in [2.05, 4.69) is 12.2 Å². The van der Waals surface area contributed by atoms with E-state index in [1.165, 1.54) is 5.56 Å². The van der Waals surface area contributed by atoms with Crippen LogP contribution in [0.1, 0.15) is 30.5 Å². The Bertz CT molecular complexity index is 349. The summed E-state index contributed by atoms with van der Waals surface area (Å²) < 4.78 is 0. The van der Waals surface area contributed by atoms with Gasteiger partial charge in [0.2, 0.25) is 0 Å². The molecule has 14 heavy (non-hydrogen) atoms. The molecule has 3 nitrogen and oxygen atoms in total. The van der Waals surface area contributed by atoms with E-state index in [-0.39, 0.29) is 5.75 Å². The lowest BCUT2D eigenvalue weighted by atomic mass is 9.91. The van der Waals surface area contributed by atoms with Gasteiger partial charge in [-0.05, 0) is 31.0 Å². The predicted octanol–water partition coefficient (Wildman–Crippen LogP) is 1.57. The van der Waals surface area contributed by atoms with Crippen LogP contribution in [0, 0.1) is 0 Å². The maximum atomic E-state index is 9.80. The molecule has 0 radical (unpaired) electrons. The summed E-state index contributed by atoms with van der Waals surface area (Å²) in [6, 6.07) is 4.17. The number of nitrogens with one attached hydrogen (secondary N) is 1. The van der Waals surface area contributed by atoms with Gasteiger partial charge in [-0.15, -0.1) is 0 Å². The van der Waals surface area contributed by atoms with Crippen molar-refractivity contribution in [3.8, 4) is 5.75 Å². The molecule has 1 aliphatic heterocycles. The second kappa shape index (κ2) is 3.50. The van der Waals surface area contributed by atoms with E-state index >= 15 is 0 Å². The number of aromatic hydroxyl groups is 1. The number of benzene rings is 1. The maximum absolute atomic E-state index is 9.80. The molecule has 0 saturated carbocycles. The molecule has 1 aliphatic rings. The van der Waals surface area contributed by atoms with Gasteiger partial charge in [-0.1, -0.05) is 13.0 Å². The lowest BCUT2D eigenvalue weighted by Crippen LogP contribution is -2.29. The number of phenols is 1. The SMILES string of the molecule is CCC1NCCc2c1ccc(N)c2O. The molecule has 1 atom stereocenters. The monoisotopic (exact) mass is 192 g/mol. The summed E-state index contributed by atoms with van der Waals surface area (Å²) in [5.74, 6) is 0.280. The van der Waals surface area contributed by atoms with Crippen molar-refractivity contribution in [2.75, 3.05) is 12.3 Å². The zero-order valence-electron chi connectivity index (χ0n) is 8.38. The van der Waals surface area contributed by atoms with E-state index in [1.54, 1.807) is 6.07 Å². The topological polar surface area (TPSA) is 58.3 Å². The van der Waals surface area contributed by atoms with Crippen LogP contribution in [0.2, 0.25) is 0 Å². The summed E-state index contributed by atoms with van der Waals surface area (Å²) in [5, 5.41) is 13.2. The van der Waals surface area contributed by atoms with Crippen molar-refractivity contribution in [2.45, 2.75) is 25.8 Å². The normalized spacial score (nSPS) is 20.5. The molecule has 2 rings (SSSR count). The summed E-state index contributed by atoms with van der Waals surface area (Å²) in [6.45, 7) is 3.06. The molecule has 3 heteroatoms. The summed E-state index contributed by atoms with van der Waals surface area (Å²) in [6.07, 6.45) is 1.90. The Kier molecular flexibility index (Phi) is 2.33. The number of hydrogen-bond donors (Lipinski definition) is 3. The van der Waals surface area contributed by atoms with Crippen LogP contribution in [-0.4, -0.2) is 11.7 Å². The number of hydrogen-bond acceptors (Lipinski definition) is 3. The van der Waals surface area contributed by atoms with Crippen LogP contribution in [-0.2, 0) is 6.42 Å². The molecule has 76 valence electrons. The fourth-order valence-electron chi connectivity index (χ4n) is 2.10. The minimum Gasteiger partial charge on any atom is -0.505 e. The smallest absolute Gasteiger partial charge is 0.142 e. The Hall–Kier alpha value is -1.22. The first-order valence-electron chi connectivity index (χ1n) is 5.07. The fourth-order valence-corrected chi connectivity index (χ4v) is 2.10. The first kappa shape index (κ1) is 9.34. The van der Waals surface area contributed by atoms with Gasteiger partial charge < -0.3 is 16.2 Å². The largest absolute Gasteiger partial charge is 0.505 e. The van der Waals surface area contributed by atoms with Crippen molar-refractivity contribution in [1.82, 2.24) is 5.32 Å².